The fourth-order valence-corrected chi connectivity index (χ4v) is 10.5. The lowest BCUT2D eigenvalue weighted by Crippen LogP contribution is -2.28. The van der Waals surface area contributed by atoms with E-state index in [9.17, 15) is 0 Å². The number of aromatic nitrogens is 1. The van der Waals surface area contributed by atoms with Gasteiger partial charge in [-0.05, 0) is 120 Å². The van der Waals surface area contributed by atoms with E-state index in [1.165, 1.54) is 99.0 Å². The van der Waals surface area contributed by atoms with Gasteiger partial charge >= 0.3 is 0 Å². The van der Waals surface area contributed by atoms with Crippen LogP contribution in [-0.4, -0.2) is 4.57 Å². The average Bonchev–Trinajstić information content (AvgIpc) is 3.78. The molecule has 12 rings (SSSR count). The Hall–Kier alpha value is -7.00. The maximum absolute atomic E-state index is 3.66. The highest BCUT2D eigenvalue weighted by Gasteiger charge is 2.46. The van der Waals surface area contributed by atoms with Crippen LogP contribution in [0.3, 0.4) is 0 Å². The zero-order valence-corrected chi connectivity index (χ0v) is 33.7. The van der Waals surface area contributed by atoms with Crippen LogP contribution in [0.1, 0.15) is 22.3 Å². The molecule has 0 fully saturated rings. The van der Waals surface area contributed by atoms with Crippen molar-refractivity contribution < 1.29 is 0 Å². The monoisotopic (exact) mass is 813 g/mol. The molecule has 0 saturated carbocycles. The summed E-state index contributed by atoms with van der Waals surface area (Å²) in [5.41, 5.74) is 15.6. The fraction of sp³-hybridized carbons (Fsp3) is 0.0175. The molecule has 0 radical (unpaired) electrons. The molecule has 11 aromatic rings. The van der Waals surface area contributed by atoms with Crippen molar-refractivity contribution in [3.63, 3.8) is 0 Å². The smallest absolute Gasteiger partial charge is 0.0714 e. The van der Waals surface area contributed by atoms with Crippen molar-refractivity contribution in [2.45, 2.75) is 5.41 Å². The van der Waals surface area contributed by atoms with E-state index in [1.54, 1.807) is 0 Å². The number of hydrogen-bond donors (Lipinski definition) is 0. The molecule has 1 aromatic heterocycles. The average molecular weight is 815 g/mol. The Labute approximate surface area is 351 Å². The molecule has 2 heteroatoms. The second-order valence-corrected chi connectivity index (χ2v) is 16.6. The third-order valence-corrected chi connectivity index (χ3v) is 13.2. The van der Waals surface area contributed by atoms with E-state index in [0.29, 0.717) is 0 Å². The van der Waals surface area contributed by atoms with Gasteiger partial charge in [0.25, 0.3) is 0 Å². The molecule has 0 spiro atoms. The molecule has 59 heavy (non-hydrogen) atoms. The van der Waals surface area contributed by atoms with Gasteiger partial charge in [0.1, 0.15) is 0 Å². The van der Waals surface area contributed by atoms with Crippen molar-refractivity contribution in [2.24, 2.45) is 0 Å². The molecule has 1 aliphatic carbocycles. The Morgan fingerprint density at radius 3 is 1.66 bits per heavy atom. The lowest BCUT2D eigenvalue weighted by Gasteiger charge is -2.34. The highest BCUT2D eigenvalue weighted by atomic mass is 79.9. The predicted octanol–water partition coefficient (Wildman–Crippen LogP) is 15.5. The minimum absolute atomic E-state index is 0.503. The second kappa shape index (κ2) is 13.3. The quantitative estimate of drug-likeness (QED) is 0.163. The lowest BCUT2D eigenvalue weighted by molar-refractivity contribution is 0.767. The Morgan fingerprint density at radius 2 is 0.932 bits per heavy atom. The van der Waals surface area contributed by atoms with Crippen molar-refractivity contribution >= 4 is 59.3 Å². The largest absolute Gasteiger partial charge is 0.309 e. The zero-order valence-electron chi connectivity index (χ0n) is 32.1. The van der Waals surface area contributed by atoms with Gasteiger partial charge < -0.3 is 4.57 Å². The molecule has 10 aromatic carbocycles. The molecule has 1 aliphatic rings. The number of nitrogens with zero attached hydrogens (tertiary/aromatic N) is 1. The Balaban J connectivity index is 1.22. The first-order valence-electron chi connectivity index (χ1n) is 20.3. The first kappa shape index (κ1) is 34.1. The topological polar surface area (TPSA) is 4.93 Å². The van der Waals surface area contributed by atoms with E-state index in [0.717, 1.165) is 10.2 Å². The first-order valence-corrected chi connectivity index (χ1v) is 21.1. The lowest BCUT2D eigenvalue weighted by atomic mass is 9.67. The molecule has 0 amide bonds. The van der Waals surface area contributed by atoms with Crippen LogP contribution < -0.4 is 0 Å². The maximum Gasteiger partial charge on any atom is 0.0714 e. The summed E-state index contributed by atoms with van der Waals surface area (Å²) in [5.74, 6) is 0. The molecule has 0 unspecified atom stereocenters. The van der Waals surface area contributed by atoms with Gasteiger partial charge in [0.05, 0.1) is 16.4 Å². The molecule has 276 valence electrons. The number of benzene rings is 10. The van der Waals surface area contributed by atoms with Gasteiger partial charge in [-0.2, -0.15) is 0 Å². The van der Waals surface area contributed by atoms with E-state index in [1.807, 2.05) is 0 Å². The van der Waals surface area contributed by atoms with Crippen molar-refractivity contribution in [1.29, 1.82) is 0 Å². The highest BCUT2D eigenvalue weighted by Crippen LogP contribution is 2.57. The van der Waals surface area contributed by atoms with Gasteiger partial charge in [-0.3, -0.25) is 0 Å². The van der Waals surface area contributed by atoms with Crippen LogP contribution in [-0.2, 0) is 5.41 Å². The van der Waals surface area contributed by atoms with Gasteiger partial charge in [-0.25, -0.2) is 0 Å². The Morgan fingerprint density at radius 1 is 0.356 bits per heavy atom. The summed E-state index contributed by atoms with van der Waals surface area (Å²) in [4.78, 5) is 0. The maximum atomic E-state index is 3.66. The Bertz CT molecular complexity index is 3390. The van der Waals surface area contributed by atoms with Crippen LogP contribution in [0.5, 0.6) is 0 Å². The molecule has 0 N–H and O–H groups in total. The predicted molar refractivity (Wildman–Crippen MR) is 252 cm³/mol. The van der Waals surface area contributed by atoms with Crippen LogP contribution in [0, 0.1) is 0 Å². The standard InChI is InChI=1S/C57H36BrN/c58-42-29-27-37(28-30-42)44-21-9-10-22-45(44)50-36-55-56(49-25-12-11-23-46(49)50)51-33-38-15-7-8-16-39(38)34-54(51)59(55)43-31-32-48-47-24-13-14-26-52(47)57(53(48)35-43,40-17-3-1-4-18-40)41-19-5-2-6-20-41/h1-36H. The van der Waals surface area contributed by atoms with E-state index in [2.05, 4.69) is 239 Å². The minimum Gasteiger partial charge on any atom is -0.309 e. The van der Waals surface area contributed by atoms with E-state index >= 15 is 0 Å². The van der Waals surface area contributed by atoms with Crippen LogP contribution in [0.4, 0.5) is 0 Å². The zero-order chi connectivity index (χ0) is 39.1. The van der Waals surface area contributed by atoms with Crippen molar-refractivity contribution in [3.05, 3.63) is 245 Å². The van der Waals surface area contributed by atoms with Gasteiger partial charge in [-0.15, -0.1) is 0 Å². The molecule has 1 nitrogen and oxygen atoms in total. The van der Waals surface area contributed by atoms with E-state index < -0.39 is 5.41 Å². The summed E-state index contributed by atoms with van der Waals surface area (Å²) < 4.78 is 3.61. The van der Waals surface area contributed by atoms with Crippen molar-refractivity contribution in [1.82, 2.24) is 4.57 Å². The Kier molecular flexibility index (Phi) is 7.67. The minimum atomic E-state index is -0.503. The molecule has 0 aliphatic heterocycles. The molecule has 0 atom stereocenters. The SMILES string of the molecule is Brc1ccc(-c2ccccc2-c2cc3c(c4ccccc24)c2cc4ccccc4cc2n3-c2ccc3c(c2)C(c2ccccc2)(c2ccccc2)c2ccccc2-3)cc1. The number of rotatable bonds is 5. The molecule has 0 bridgehead atoms. The summed E-state index contributed by atoms with van der Waals surface area (Å²) in [7, 11) is 0. The normalized spacial score (nSPS) is 13.0. The summed E-state index contributed by atoms with van der Waals surface area (Å²) >= 11 is 3.66. The van der Waals surface area contributed by atoms with Crippen LogP contribution in [0.15, 0.2) is 223 Å². The summed E-state index contributed by atoms with van der Waals surface area (Å²) in [5, 5.41) is 7.49. The number of halogens is 1. The van der Waals surface area contributed by atoms with Crippen molar-refractivity contribution in [3.8, 4) is 39.1 Å². The van der Waals surface area contributed by atoms with Crippen molar-refractivity contribution in [2.75, 3.05) is 0 Å². The molecular weight excluding hydrogens is 779 g/mol. The third-order valence-electron chi connectivity index (χ3n) is 12.7. The summed E-state index contributed by atoms with van der Waals surface area (Å²) in [6, 6.07) is 81.0. The fourth-order valence-electron chi connectivity index (χ4n) is 10.2. The second-order valence-electron chi connectivity index (χ2n) is 15.7. The van der Waals surface area contributed by atoms with Crippen LogP contribution in [0.25, 0.3) is 82.4 Å². The van der Waals surface area contributed by atoms with Gasteiger partial charge in [-0.1, -0.05) is 192 Å². The molecule has 1 heterocycles. The van der Waals surface area contributed by atoms with Crippen LogP contribution >= 0.6 is 15.9 Å². The first-order chi connectivity index (χ1) is 29.2. The summed E-state index contributed by atoms with van der Waals surface area (Å²) in [6.07, 6.45) is 0. The van der Waals surface area contributed by atoms with E-state index in [-0.39, 0.29) is 0 Å². The van der Waals surface area contributed by atoms with Gasteiger partial charge in [0.15, 0.2) is 0 Å². The van der Waals surface area contributed by atoms with Gasteiger partial charge in [0, 0.05) is 20.9 Å². The van der Waals surface area contributed by atoms with Gasteiger partial charge in [0.2, 0.25) is 0 Å². The number of fused-ring (bicyclic) bond motifs is 9. The third kappa shape index (κ3) is 5.03. The highest BCUT2D eigenvalue weighted by molar-refractivity contribution is 9.10. The van der Waals surface area contributed by atoms with E-state index in [4.69, 9.17) is 0 Å². The summed E-state index contributed by atoms with van der Waals surface area (Å²) in [6.45, 7) is 0. The number of hydrogen-bond acceptors (Lipinski definition) is 0. The molecule has 0 saturated heterocycles. The van der Waals surface area contributed by atoms with Crippen LogP contribution in [0.2, 0.25) is 0 Å². The molecular formula is C57H36BrN.